The molecule has 0 aromatic carbocycles. The highest BCUT2D eigenvalue weighted by atomic mass is 19.3. The Morgan fingerprint density at radius 2 is 2.22 bits per heavy atom. The maximum absolute atomic E-state index is 12.6. The summed E-state index contributed by atoms with van der Waals surface area (Å²) in [6.07, 6.45) is 6.08. The van der Waals surface area contributed by atoms with Crippen LogP contribution in [0.2, 0.25) is 0 Å². The number of hydrogen-bond acceptors (Lipinski definition) is 3. The number of hydrogen-bond donors (Lipinski definition) is 1. The van der Waals surface area contributed by atoms with Crippen LogP contribution in [0.3, 0.4) is 0 Å². The molecule has 1 aliphatic rings. The van der Waals surface area contributed by atoms with E-state index in [0.717, 1.165) is 17.4 Å². The summed E-state index contributed by atoms with van der Waals surface area (Å²) >= 11 is 0. The quantitative estimate of drug-likeness (QED) is 0.851. The van der Waals surface area contributed by atoms with Gasteiger partial charge in [-0.1, -0.05) is 6.42 Å². The van der Waals surface area contributed by atoms with E-state index in [4.69, 9.17) is 10.5 Å². The van der Waals surface area contributed by atoms with E-state index in [1.165, 1.54) is 18.8 Å². The van der Waals surface area contributed by atoms with Gasteiger partial charge in [0.15, 0.2) is 0 Å². The molecule has 2 N–H and O–H groups in total. The van der Waals surface area contributed by atoms with Gasteiger partial charge < -0.3 is 10.5 Å². The number of aromatic nitrogens is 2. The molecule has 1 aromatic heterocycles. The zero-order valence-electron chi connectivity index (χ0n) is 10.3. The first kappa shape index (κ1) is 13.4. The average Bonchev–Trinajstić information content (AvgIpc) is 2.97. The van der Waals surface area contributed by atoms with Gasteiger partial charge in [0.2, 0.25) is 0 Å². The number of alkyl halides is 2. The van der Waals surface area contributed by atoms with E-state index in [9.17, 15) is 8.78 Å². The van der Waals surface area contributed by atoms with E-state index in [1.807, 2.05) is 0 Å². The van der Waals surface area contributed by atoms with Crippen LogP contribution in [-0.4, -0.2) is 22.7 Å². The molecule has 1 saturated carbocycles. The van der Waals surface area contributed by atoms with Crippen molar-refractivity contribution in [1.29, 1.82) is 0 Å². The van der Waals surface area contributed by atoms with Gasteiger partial charge in [-0.15, -0.1) is 0 Å². The third-order valence-corrected chi connectivity index (χ3v) is 3.64. The first-order chi connectivity index (χ1) is 8.72. The van der Waals surface area contributed by atoms with Crippen molar-refractivity contribution in [2.45, 2.75) is 32.4 Å². The van der Waals surface area contributed by atoms with Crippen molar-refractivity contribution in [3.8, 4) is 0 Å². The van der Waals surface area contributed by atoms with Crippen molar-refractivity contribution in [2.75, 3.05) is 13.2 Å². The predicted molar refractivity (Wildman–Crippen MR) is 63.0 cm³/mol. The molecule has 0 bridgehead atoms. The normalized spacial score (nSPS) is 24.0. The molecule has 1 fully saturated rings. The summed E-state index contributed by atoms with van der Waals surface area (Å²) in [6.45, 7) is -1.17. The third-order valence-electron chi connectivity index (χ3n) is 3.64. The lowest BCUT2D eigenvalue weighted by Crippen LogP contribution is -2.22. The second kappa shape index (κ2) is 6.24. The van der Waals surface area contributed by atoms with Gasteiger partial charge in [0.05, 0.1) is 6.61 Å². The maximum atomic E-state index is 12.6. The molecular weight excluding hydrogens is 240 g/mol. The molecule has 1 aromatic rings. The van der Waals surface area contributed by atoms with Crippen molar-refractivity contribution in [3.63, 3.8) is 0 Å². The standard InChI is InChI=1S/C12H19F2N3O/c13-12(14)17-5-4-16-11(17)8-18-7-10-3-1-2-9(10)6-15/h4-5,9-10,12H,1-3,6-8,15H2. The predicted octanol–water partition coefficient (Wildman–Crippen LogP) is 2.17. The summed E-state index contributed by atoms with van der Waals surface area (Å²) in [4.78, 5) is 3.87. The average molecular weight is 259 g/mol. The summed E-state index contributed by atoms with van der Waals surface area (Å²) < 4.78 is 31.5. The van der Waals surface area contributed by atoms with Crippen LogP contribution in [-0.2, 0) is 11.3 Å². The number of imidazole rings is 1. The first-order valence-corrected chi connectivity index (χ1v) is 6.30. The molecule has 2 rings (SSSR count). The Labute approximate surface area is 105 Å². The zero-order valence-corrected chi connectivity index (χ0v) is 10.3. The molecule has 6 heteroatoms. The molecule has 0 aliphatic heterocycles. The van der Waals surface area contributed by atoms with Gasteiger partial charge in [-0.3, -0.25) is 4.57 Å². The second-order valence-electron chi connectivity index (χ2n) is 4.73. The molecular formula is C12H19F2N3O. The van der Waals surface area contributed by atoms with Gasteiger partial charge in [-0.05, 0) is 31.2 Å². The smallest absolute Gasteiger partial charge is 0.320 e. The van der Waals surface area contributed by atoms with Crippen LogP contribution in [0.25, 0.3) is 0 Å². The highest BCUT2D eigenvalue weighted by Gasteiger charge is 2.26. The molecule has 102 valence electrons. The summed E-state index contributed by atoms with van der Waals surface area (Å²) in [6, 6.07) is 0. The van der Waals surface area contributed by atoms with E-state index < -0.39 is 6.55 Å². The van der Waals surface area contributed by atoms with Crippen molar-refractivity contribution in [2.24, 2.45) is 17.6 Å². The fourth-order valence-electron chi connectivity index (χ4n) is 2.58. The van der Waals surface area contributed by atoms with Gasteiger partial charge in [0.1, 0.15) is 12.4 Å². The molecule has 0 amide bonds. The molecule has 2 atom stereocenters. The fourth-order valence-corrected chi connectivity index (χ4v) is 2.58. The van der Waals surface area contributed by atoms with Crippen LogP contribution >= 0.6 is 0 Å². The number of ether oxygens (including phenoxy) is 1. The van der Waals surface area contributed by atoms with E-state index in [-0.39, 0.29) is 12.4 Å². The van der Waals surface area contributed by atoms with Crippen LogP contribution in [0, 0.1) is 11.8 Å². The maximum Gasteiger partial charge on any atom is 0.320 e. The van der Waals surface area contributed by atoms with Crippen LogP contribution < -0.4 is 5.73 Å². The van der Waals surface area contributed by atoms with E-state index >= 15 is 0 Å². The minimum Gasteiger partial charge on any atom is -0.373 e. The lowest BCUT2D eigenvalue weighted by atomic mass is 9.97. The largest absolute Gasteiger partial charge is 0.373 e. The highest BCUT2D eigenvalue weighted by Crippen LogP contribution is 2.31. The summed E-state index contributed by atoms with van der Waals surface area (Å²) in [7, 11) is 0. The van der Waals surface area contributed by atoms with Crippen LogP contribution in [0.15, 0.2) is 12.4 Å². The number of rotatable bonds is 6. The Morgan fingerprint density at radius 1 is 1.44 bits per heavy atom. The topological polar surface area (TPSA) is 53.1 Å². The van der Waals surface area contributed by atoms with Gasteiger partial charge >= 0.3 is 6.55 Å². The Hall–Kier alpha value is -1.01. The molecule has 0 spiro atoms. The Morgan fingerprint density at radius 3 is 2.94 bits per heavy atom. The van der Waals surface area contributed by atoms with Crippen molar-refractivity contribution >= 4 is 0 Å². The zero-order chi connectivity index (χ0) is 13.0. The third kappa shape index (κ3) is 3.05. The molecule has 2 unspecified atom stereocenters. The summed E-state index contributed by atoms with van der Waals surface area (Å²) in [5, 5.41) is 0. The van der Waals surface area contributed by atoms with Gasteiger partial charge in [-0.2, -0.15) is 8.78 Å². The monoisotopic (exact) mass is 259 g/mol. The number of nitrogens with two attached hydrogens (primary N) is 1. The van der Waals surface area contributed by atoms with Gasteiger partial charge in [-0.25, -0.2) is 4.98 Å². The van der Waals surface area contributed by atoms with Crippen molar-refractivity contribution in [3.05, 3.63) is 18.2 Å². The molecule has 0 saturated heterocycles. The molecule has 1 heterocycles. The minimum atomic E-state index is -2.56. The van der Waals surface area contributed by atoms with Crippen LogP contribution in [0.1, 0.15) is 31.6 Å². The lowest BCUT2D eigenvalue weighted by molar-refractivity contribution is 0.0409. The first-order valence-electron chi connectivity index (χ1n) is 6.30. The number of nitrogens with zero attached hydrogens (tertiary/aromatic N) is 2. The molecule has 18 heavy (non-hydrogen) atoms. The van der Waals surface area contributed by atoms with E-state index in [1.54, 1.807) is 0 Å². The van der Waals surface area contributed by atoms with Crippen molar-refractivity contribution in [1.82, 2.24) is 9.55 Å². The highest BCUT2D eigenvalue weighted by molar-refractivity contribution is 4.91. The van der Waals surface area contributed by atoms with Crippen LogP contribution in [0.5, 0.6) is 0 Å². The fraction of sp³-hybridized carbons (Fsp3) is 0.750. The summed E-state index contributed by atoms with van der Waals surface area (Å²) in [5.41, 5.74) is 5.68. The van der Waals surface area contributed by atoms with E-state index in [0.29, 0.717) is 25.0 Å². The summed E-state index contributed by atoms with van der Waals surface area (Å²) in [5.74, 6) is 1.25. The molecule has 1 aliphatic carbocycles. The Bertz CT molecular complexity index is 370. The van der Waals surface area contributed by atoms with Crippen molar-refractivity contribution < 1.29 is 13.5 Å². The lowest BCUT2D eigenvalue weighted by Gasteiger charge is -2.17. The Balaban J connectivity index is 1.79. The minimum absolute atomic E-state index is 0.130. The Kier molecular flexibility index (Phi) is 4.66. The van der Waals surface area contributed by atoms with Gasteiger partial charge in [0, 0.05) is 12.4 Å². The second-order valence-corrected chi connectivity index (χ2v) is 4.73. The van der Waals surface area contributed by atoms with Gasteiger partial charge in [0.25, 0.3) is 0 Å². The molecule has 4 nitrogen and oxygen atoms in total. The number of halogens is 2. The SMILES string of the molecule is NCC1CCCC1COCc1nccn1C(F)F. The molecule has 0 radical (unpaired) electrons. The van der Waals surface area contributed by atoms with E-state index in [2.05, 4.69) is 4.98 Å². The van der Waals surface area contributed by atoms with Crippen LogP contribution in [0.4, 0.5) is 8.78 Å².